The summed E-state index contributed by atoms with van der Waals surface area (Å²) in [7, 11) is 0. The molecule has 3 nitrogen and oxygen atoms in total. The van der Waals surface area contributed by atoms with Gasteiger partial charge >= 0.3 is 12.1 Å². The van der Waals surface area contributed by atoms with E-state index in [-0.39, 0.29) is 25.7 Å². The minimum absolute atomic E-state index is 0.0276. The zero-order valence-electron chi connectivity index (χ0n) is 8.47. The van der Waals surface area contributed by atoms with E-state index in [1.165, 1.54) is 6.92 Å². The Kier molecular flexibility index (Phi) is 5.07. The lowest BCUT2D eigenvalue weighted by Crippen LogP contribution is -2.25. The Balaban J connectivity index is 3.78. The van der Waals surface area contributed by atoms with Crippen LogP contribution in [0.4, 0.5) is 13.2 Å². The van der Waals surface area contributed by atoms with Crippen LogP contribution in [-0.2, 0) is 4.79 Å². The van der Waals surface area contributed by atoms with Gasteiger partial charge in [0.2, 0.25) is 0 Å². The molecule has 0 rings (SSSR count). The highest BCUT2D eigenvalue weighted by molar-refractivity contribution is 5.66. The number of carbonyl (C=O) groups is 1. The van der Waals surface area contributed by atoms with E-state index in [1.807, 2.05) is 0 Å². The Bertz CT molecular complexity index is 211. The van der Waals surface area contributed by atoms with Gasteiger partial charge in [0.05, 0.1) is 5.60 Å². The third kappa shape index (κ3) is 9.52. The van der Waals surface area contributed by atoms with Gasteiger partial charge in [-0.2, -0.15) is 13.2 Å². The number of hydrogen-bond donors (Lipinski definition) is 2. The van der Waals surface area contributed by atoms with Crippen molar-refractivity contribution in [1.29, 1.82) is 0 Å². The van der Waals surface area contributed by atoms with Crippen molar-refractivity contribution >= 4 is 5.97 Å². The molecule has 1 atom stereocenters. The third-order valence-corrected chi connectivity index (χ3v) is 2.05. The molecular weight excluding hydrogens is 213 g/mol. The second-order valence-electron chi connectivity index (χ2n) is 3.86. The zero-order chi connectivity index (χ0) is 12.1. The Morgan fingerprint density at radius 1 is 1.20 bits per heavy atom. The molecule has 1 unspecified atom stereocenters. The van der Waals surface area contributed by atoms with E-state index in [0.717, 1.165) is 0 Å². The molecule has 2 N–H and O–H groups in total. The van der Waals surface area contributed by atoms with Crippen molar-refractivity contribution in [1.82, 2.24) is 0 Å². The van der Waals surface area contributed by atoms with Crippen LogP contribution < -0.4 is 0 Å². The van der Waals surface area contributed by atoms with Crippen molar-refractivity contribution < 1.29 is 28.2 Å². The van der Waals surface area contributed by atoms with Crippen molar-refractivity contribution in [2.24, 2.45) is 0 Å². The molecule has 0 aliphatic rings. The maximum absolute atomic E-state index is 11.8. The average Bonchev–Trinajstić information content (AvgIpc) is 1.98. The number of aliphatic hydroxyl groups is 1. The summed E-state index contributed by atoms with van der Waals surface area (Å²) in [5, 5.41) is 17.9. The summed E-state index contributed by atoms with van der Waals surface area (Å²) < 4.78 is 35.3. The van der Waals surface area contributed by atoms with Crippen molar-refractivity contribution in [2.75, 3.05) is 0 Å². The van der Waals surface area contributed by atoms with E-state index >= 15 is 0 Å². The van der Waals surface area contributed by atoms with Crippen LogP contribution in [0.5, 0.6) is 0 Å². The molecule has 0 heterocycles. The Morgan fingerprint density at radius 3 is 2.13 bits per heavy atom. The molecule has 0 radical (unpaired) electrons. The van der Waals surface area contributed by atoms with Gasteiger partial charge in [-0.05, 0) is 26.2 Å². The number of carboxylic acid groups (broad SMARTS) is 1. The van der Waals surface area contributed by atoms with Gasteiger partial charge in [-0.25, -0.2) is 0 Å². The first-order valence-electron chi connectivity index (χ1n) is 4.63. The van der Waals surface area contributed by atoms with E-state index in [4.69, 9.17) is 5.11 Å². The minimum Gasteiger partial charge on any atom is -0.481 e. The Morgan fingerprint density at radius 2 is 1.73 bits per heavy atom. The number of halogens is 3. The fourth-order valence-electron chi connectivity index (χ4n) is 1.17. The Hall–Kier alpha value is -0.780. The number of carboxylic acids is 1. The lowest BCUT2D eigenvalue weighted by molar-refractivity contribution is -0.141. The van der Waals surface area contributed by atoms with E-state index in [2.05, 4.69) is 0 Å². The van der Waals surface area contributed by atoms with Gasteiger partial charge in [0.1, 0.15) is 0 Å². The molecule has 0 aromatic carbocycles. The number of rotatable bonds is 6. The fraction of sp³-hybridized carbons (Fsp3) is 0.889. The molecule has 0 bridgehead atoms. The SMILES string of the molecule is CC(O)(CCCC(F)(F)F)CCC(=O)O. The summed E-state index contributed by atoms with van der Waals surface area (Å²) in [6.07, 6.45) is -5.66. The van der Waals surface area contributed by atoms with Gasteiger partial charge in [-0.3, -0.25) is 4.79 Å². The molecule has 0 amide bonds. The van der Waals surface area contributed by atoms with E-state index in [1.54, 1.807) is 0 Å². The molecule has 0 saturated carbocycles. The third-order valence-electron chi connectivity index (χ3n) is 2.05. The number of alkyl halides is 3. The largest absolute Gasteiger partial charge is 0.481 e. The van der Waals surface area contributed by atoms with Gasteiger partial charge in [0, 0.05) is 12.8 Å². The first kappa shape index (κ1) is 14.2. The highest BCUT2D eigenvalue weighted by atomic mass is 19.4. The van der Waals surface area contributed by atoms with E-state index < -0.39 is 24.2 Å². The molecular formula is C9H15F3O3. The van der Waals surface area contributed by atoms with E-state index in [0.29, 0.717) is 0 Å². The second kappa shape index (κ2) is 5.34. The second-order valence-corrected chi connectivity index (χ2v) is 3.86. The average molecular weight is 228 g/mol. The molecule has 0 aromatic rings. The highest BCUT2D eigenvalue weighted by Crippen LogP contribution is 2.26. The quantitative estimate of drug-likeness (QED) is 0.733. The maximum Gasteiger partial charge on any atom is 0.389 e. The molecule has 0 saturated heterocycles. The maximum atomic E-state index is 11.8. The summed E-state index contributed by atoms with van der Waals surface area (Å²) in [6, 6.07) is 0. The predicted octanol–water partition coefficient (Wildman–Crippen LogP) is 2.33. The first-order chi connectivity index (χ1) is 6.62. The van der Waals surface area contributed by atoms with Crippen LogP contribution in [-0.4, -0.2) is 28.0 Å². The molecule has 90 valence electrons. The van der Waals surface area contributed by atoms with Crippen LogP contribution >= 0.6 is 0 Å². The fourth-order valence-corrected chi connectivity index (χ4v) is 1.17. The normalized spacial score (nSPS) is 16.1. The van der Waals surface area contributed by atoms with Crippen LogP contribution in [0.15, 0.2) is 0 Å². The zero-order valence-corrected chi connectivity index (χ0v) is 8.47. The van der Waals surface area contributed by atoms with Crippen molar-refractivity contribution in [3.05, 3.63) is 0 Å². The van der Waals surface area contributed by atoms with Crippen LogP contribution in [0.2, 0.25) is 0 Å². The van der Waals surface area contributed by atoms with Gasteiger partial charge in [-0.15, -0.1) is 0 Å². The van der Waals surface area contributed by atoms with Crippen LogP contribution in [0, 0.1) is 0 Å². The summed E-state index contributed by atoms with van der Waals surface area (Å²) >= 11 is 0. The van der Waals surface area contributed by atoms with Crippen molar-refractivity contribution in [3.8, 4) is 0 Å². The standard InChI is InChI=1S/C9H15F3O3/c1-8(15,6-3-7(13)14)4-2-5-9(10,11)12/h15H,2-6H2,1H3,(H,13,14). The summed E-state index contributed by atoms with van der Waals surface area (Å²) in [5.41, 5.74) is -1.33. The van der Waals surface area contributed by atoms with Crippen molar-refractivity contribution in [3.63, 3.8) is 0 Å². The molecule has 0 fully saturated rings. The first-order valence-corrected chi connectivity index (χ1v) is 4.63. The molecule has 0 aliphatic heterocycles. The monoisotopic (exact) mass is 228 g/mol. The van der Waals surface area contributed by atoms with Crippen LogP contribution in [0.3, 0.4) is 0 Å². The lowest BCUT2D eigenvalue weighted by atomic mass is 9.93. The lowest BCUT2D eigenvalue weighted by Gasteiger charge is -2.22. The molecule has 6 heteroatoms. The van der Waals surface area contributed by atoms with Gasteiger partial charge in [0.25, 0.3) is 0 Å². The molecule has 0 aromatic heterocycles. The molecule has 15 heavy (non-hydrogen) atoms. The number of hydrogen-bond acceptors (Lipinski definition) is 2. The van der Waals surface area contributed by atoms with Gasteiger partial charge in [0.15, 0.2) is 0 Å². The summed E-state index contributed by atoms with van der Waals surface area (Å²) in [4.78, 5) is 10.2. The van der Waals surface area contributed by atoms with E-state index in [9.17, 15) is 23.1 Å². The topological polar surface area (TPSA) is 57.5 Å². The van der Waals surface area contributed by atoms with Gasteiger partial charge < -0.3 is 10.2 Å². The molecule has 0 aliphatic carbocycles. The molecule has 0 spiro atoms. The van der Waals surface area contributed by atoms with Crippen molar-refractivity contribution in [2.45, 2.75) is 50.8 Å². The number of aliphatic carboxylic acids is 1. The highest BCUT2D eigenvalue weighted by Gasteiger charge is 2.29. The van der Waals surface area contributed by atoms with Crippen LogP contribution in [0.1, 0.15) is 39.0 Å². The Labute approximate surface area is 85.9 Å². The summed E-state index contributed by atoms with van der Waals surface area (Å²) in [6.45, 7) is 1.35. The van der Waals surface area contributed by atoms with Crippen LogP contribution in [0.25, 0.3) is 0 Å². The van der Waals surface area contributed by atoms with Gasteiger partial charge in [-0.1, -0.05) is 0 Å². The predicted molar refractivity (Wildman–Crippen MR) is 47.4 cm³/mol. The smallest absolute Gasteiger partial charge is 0.389 e. The summed E-state index contributed by atoms with van der Waals surface area (Å²) in [5.74, 6) is -1.06. The minimum atomic E-state index is -4.22.